The number of pyridine rings is 2. The number of aromatic nitrogens is 3. The number of rotatable bonds is 5. The van der Waals surface area contributed by atoms with E-state index in [9.17, 15) is 5.11 Å². The molecule has 8 aromatic rings. The minimum absolute atomic E-state index is 0. The predicted molar refractivity (Wildman–Crippen MR) is 190 cm³/mol. The average Bonchev–Trinajstić information content (AvgIpc) is 3.42. The molecule has 0 saturated carbocycles. The Balaban J connectivity index is 0.00000364. The second kappa shape index (κ2) is 12.4. The third-order valence-electron chi connectivity index (χ3n) is 8.64. The van der Waals surface area contributed by atoms with Crippen LogP contribution < -0.4 is 4.74 Å². The summed E-state index contributed by atoms with van der Waals surface area (Å²) in [5.74, 6) is 1.78. The second-order valence-electron chi connectivity index (χ2n) is 12.8. The van der Waals surface area contributed by atoms with Crippen molar-refractivity contribution in [2.45, 2.75) is 26.2 Å². The van der Waals surface area contributed by atoms with Gasteiger partial charge in [-0.15, -0.1) is 17.5 Å². The summed E-state index contributed by atoms with van der Waals surface area (Å²) in [5.41, 5.74) is 7.48. The van der Waals surface area contributed by atoms with Crippen LogP contribution in [0.25, 0.3) is 60.9 Å². The van der Waals surface area contributed by atoms with Crippen molar-refractivity contribution < 1.29 is 30.9 Å². The molecule has 0 amide bonds. The van der Waals surface area contributed by atoms with E-state index in [-0.39, 0.29) is 32.2 Å². The molecule has 8 rings (SSSR count). The summed E-state index contributed by atoms with van der Waals surface area (Å²) in [4.78, 5) is 9.87. The van der Waals surface area contributed by atoms with Crippen LogP contribution in [0, 0.1) is 6.07 Å². The minimum atomic E-state index is -0.0312. The van der Waals surface area contributed by atoms with E-state index in [2.05, 4.69) is 67.8 Å². The van der Waals surface area contributed by atoms with Crippen molar-refractivity contribution in [1.82, 2.24) is 14.5 Å². The molecule has 0 unspecified atom stereocenters. The largest absolute Gasteiger partial charge is 0.506 e. The molecule has 238 valence electrons. The Bertz CT molecular complexity index is 2430. The van der Waals surface area contributed by atoms with Gasteiger partial charge in [0, 0.05) is 49.3 Å². The maximum Gasteiger partial charge on any atom is 0.217 e. The molecule has 0 aliphatic rings. The van der Waals surface area contributed by atoms with E-state index >= 15 is 0 Å². The molecule has 3 aromatic heterocycles. The molecule has 0 aliphatic carbocycles. The van der Waals surface area contributed by atoms with Gasteiger partial charge in [-0.25, -0.2) is 9.97 Å². The number of para-hydroxylation sites is 1. The molecule has 3 heterocycles. The number of hydrogen-bond acceptors (Lipinski definition) is 4. The van der Waals surface area contributed by atoms with E-state index in [1.807, 2.05) is 91.0 Å². The fourth-order valence-corrected chi connectivity index (χ4v) is 6.24. The van der Waals surface area contributed by atoms with Gasteiger partial charge in [-0.3, -0.25) is 0 Å². The van der Waals surface area contributed by atoms with Crippen molar-refractivity contribution in [2.75, 3.05) is 0 Å². The van der Waals surface area contributed by atoms with Gasteiger partial charge in [0.1, 0.15) is 17.1 Å². The maximum atomic E-state index is 10.8. The Morgan fingerprint density at radius 2 is 1.38 bits per heavy atom. The third-order valence-corrected chi connectivity index (χ3v) is 8.64. The number of phenolic OH excluding ortho intramolecular Hbond substituents is 1. The van der Waals surface area contributed by atoms with Gasteiger partial charge in [-0.05, 0) is 51.8 Å². The first-order chi connectivity index (χ1) is 22.8. The molecule has 0 fully saturated rings. The molecule has 0 atom stereocenters. The SMILES string of the molecule is CC(C)(C)c1ccc2c3ccc(Oc4cc(-c5ccccc5)c5cccc(O)c5n4)[c-]c3n(-c3cccc(-c4ccccc4)n3)c2c1.[Pt]. The number of benzene rings is 5. The number of fused-ring (bicyclic) bond motifs is 4. The molecular weight excluding hydrogens is 774 g/mol. The Hall–Kier alpha value is -5.25. The Labute approximate surface area is 293 Å². The van der Waals surface area contributed by atoms with Crippen LogP contribution in [0.5, 0.6) is 17.4 Å². The van der Waals surface area contributed by atoms with E-state index in [0.29, 0.717) is 17.1 Å². The molecule has 1 N–H and O–H groups in total. The number of ether oxygens (including phenoxy) is 1. The van der Waals surface area contributed by atoms with Gasteiger partial charge >= 0.3 is 0 Å². The van der Waals surface area contributed by atoms with Crippen LogP contribution in [0.2, 0.25) is 0 Å². The van der Waals surface area contributed by atoms with Crippen molar-refractivity contribution in [3.05, 3.63) is 145 Å². The van der Waals surface area contributed by atoms with Crippen LogP contribution in [0.3, 0.4) is 0 Å². The molecule has 0 radical (unpaired) electrons. The summed E-state index contributed by atoms with van der Waals surface area (Å²) >= 11 is 0. The van der Waals surface area contributed by atoms with Gasteiger partial charge in [-0.1, -0.05) is 117 Å². The second-order valence-corrected chi connectivity index (χ2v) is 12.8. The summed E-state index contributed by atoms with van der Waals surface area (Å²) in [5, 5.41) is 13.8. The van der Waals surface area contributed by atoms with E-state index in [1.165, 1.54) is 5.56 Å². The first-order valence-corrected chi connectivity index (χ1v) is 15.7. The van der Waals surface area contributed by atoms with Gasteiger partial charge in [0.25, 0.3) is 0 Å². The van der Waals surface area contributed by atoms with Gasteiger partial charge in [0.2, 0.25) is 5.88 Å². The molecule has 6 heteroatoms. The monoisotopic (exact) mass is 805 g/mol. The molecule has 5 nitrogen and oxygen atoms in total. The normalized spacial score (nSPS) is 11.6. The number of nitrogens with zero attached hydrogens (tertiary/aromatic N) is 3. The standard InChI is InChI=1S/C42H32N3O2.Pt/c1-42(2,3)29-20-22-31-32-23-21-30(47-40-26-34(27-12-6-4-7-13-27)33-16-10-18-38(46)41(33)44-40)25-37(32)45(36(31)24-29)39-19-11-17-35(43-39)28-14-8-5-9-15-28;/h4-24,26,46H,1-3H3;/q-1;. The van der Waals surface area contributed by atoms with Crippen LogP contribution in [-0.4, -0.2) is 19.6 Å². The van der Waals surface area contributed by atoms with E-state index < -0.39 is 0 Å². The van der Waals surface area contributed by atoms with Crippen LogP contribution in [0.1, 0.15) is 26.3 Å². The van der Waals surface area contributed by atoms with E-state index in [4.69, 9.17) is 14.7 Å². The Morgan fingerprint density at radius 1 is 0.667 bits per heavy atom. The first kappa shape index (κ1) is 31.4. The maximum absolute atomic E-state index is 10.8. The van der Waals surface area contributed by atoms with Crippen LogP contribution >= 0.6 is 0 Å². The minimum Gasteiger partial charge on any atom is -0.506 e. The predicted octanol–water partition coefficient (Wildman–Crippen LogP) is 10.7. The fourth-order valence-electron chi connectivity index (χ4n) is 6.24. The summed E-state index contributed by atoms with van der Waals surface area (Å²) in [6.45, 7) is 6.68. The van der Waals surface area contributed by atoms with Crippen LogP contribution in [0.4, 0.5) is 0 Å². The molecular formula is C42H32N3O2Pt-. The Morgan fingerprint density at radius 3 is 2.12 bits per heavy atom. The van der Waals surface area contributed by atoms with Gasteiger partial charge in [0.05, 0.1) is 5.69 Å². The summed E-state index contributed by atoms with van der Waals surface area (Å²) in [6.07, 6.45) is 0. The molecule has 0 bridgehead atoms. The average molecular weight is 806 g/mol. The van der Waals surface area contributed by atoms with Crippen molar-refractivity contribution in [1.29, 1.82) is 0 Å². The van der Waals surface area contributed by atoms with Crippen molar-refractivity contribution in [2.24, 2.45) is 0 Å². The van der Waals surface area contributed by atoms with Crippen molar-refractivity contribution in [3.8, 4) is 45.6 Å². The van der Waals surface area contributed by atoms with E-state index in [0.717, 1.165) is 55.4 Å². The molecule has 5 aromatic carbocycles. The number of phenols is 1. The quantitative estimate of drug-likeness (QED) is 0.176. The fraction of sp³-hybridized carbons (Fsp3) is 0.0952. The third kappa shape index (κ3) is 5.65. The summed E-state index contributed by atoms with van der Waals surface area (Å²) in [7, 11) is 0. The number of aromatic hydroxyl groups is 1. The molecule has 0 spiro atoms. The van der Waals surface area contributed by atoms with E-state index in [1.54, 1.807) is 6.07 Å². The molecule has 48 heavy (non-hydrogen) atoms. The first-order valence-electron chi connectivity index (χ1n) is 15.7. The van der Waals surface area contributed by atoms with Gasteiger partial charge < -0.3 is 14.4 Å². The molecule has 0 aliphatic heterocycles. The number of hydrogen-bond donors (Lipinski definition) is 1. The summed E-state index contributed by atoms with van der Waals surface area (Å²) in [6, 6.07) is 48.0. The topological polar surface area (TPSA) is 60.2 Å². The smallest absolute Gasteiger partial charge is 0.217 e. The van der Waals surface area contributed by atoms with Crippen LogP contribution in [-0.2, 0) is 26.5 Å². The zero-order chi connectivity index (χ0) is 32.1. The van der Waals surface area contributed by atoms with Crippen molar-refractivity contribution >= 4 is 32.7 Å². The van der Waals surface area contributed by atoms with Gasteiger partial charge in [-0.2, -0.15) is 6.07 Å². The molecule has 0 saturated heterocycles. The van der Waals surface area contributed by atoms with Gasteiger partial charge in [0.15, 0.2) is 0 Å². The zero-order valence-electron chi connectivity index (χ0n) is 26.7. The van der Waals surface area contributed by atoms with Crippen molar-refractivity contribution in [3.63, 3.8) is 0 Å². The summed E-state index contributed by atoms with van der Waals surface area (Å²) < 4.78 is 8.63. The van der Waals surface area contributed by atoms with Crippen LogP contribution in [0.15, 0.2) is 133 Å². The Kier molecular flexibility index (Phi) is 8.10. The zero-order valence-corrected chi connectivity index (χ0v) is 29.0.